The minimum Gasteiger partial charge on any atom is -0.345 e. The molecule has 0 spiro atoms. The van der Waals surface area contributed by atoms with Crippen LogP contribution < -0.4 is 5.32 Å². The lowest BCUT2D eigenvalue weighted by Crippen LogP contribution is -2.41. The van der Waals surface area contributed by atoms with Crippen LogP contribution in [0.15, 0.2) is 0 Å². The Kier molecular flexibility index (Phi) is 3.13. The molecule has 2 N–H and O–H groups in total. The third-order valence-electron chi connectivity index (χ3n) is 2.80. The van der Waals surface area contributed by atoms with Gasteiger partial charge in [-0.3, -0.25) is 4.79 Å². The quantitative estimate of drug-likeness (QED) is 0.812. The summed E-state index contributed by atoms with van der Waals surface area (Å²) in [7, 11) is 0. The van der Waals surface area contributed by atoms with Gasteiger partial charge in [-0.1, -0.05) is 5.21 Å². The normalized spacial score (nSPS) is 26.6. The van der Waals surface area contributed by atoms with Gasteiger partial charge < -0.3 is 5.32 Å². The Balaban J connectivity index is 1.97. The van der Waals surface area contributed by atoms with Gasteiger partial charge in [-0.2, -0.15) is 5.21 Å². The zero-order valence-corrected chi connectivity index (χ0v) is 10.2. The van der Waals surface area contributed by atoms with E-state index in [1.165, 1.54) is 0 Å². The minimum absolute atomic E-state index is 0.0623. The van der Waals surface area contributed by atoms with Gasteiger partial charge in [-0.15, -0.1) is 22.0 Å². The van der Waals surface area contributed by atoms with E-state index in [9.17, 15) is 4.79 Å². The number of tetrazole rings is 1. The Morgan fingerprint density at radius 2 is 2.50 bits per heavy atom. The van der Waals surface area contributed by atoms with E-state index in [1.54, 1.807) is 11.8 Å². The van der Waals surface area contributed by atoms with Crippen LogP contribution in [-0.4, -0.2) is 37.0 Å². The fourth-order valence-corrected chi connectivity index (χ4v) is 2.94. The Morgan fingerprint density at radius 3 is 3.06 bits per heavy atom. The van der Waals surface area contributed by atoms with Crippen molar-refractivity contribution in [3.8, 4) is 0 Å². The Bertz CT molecular complexity index is 360. The molecule has 88 valence electrons. The Labute approximate surface area is 98.0 Å². The maximum absolute atomic E-state index is 12.1. The van der Waals surface area contributed by atoms with Crippen LogP contribution in [0.4, 0.5) is 0 Å². The summed E-state index contributed by atoms with van der Waals surface area (Å²) in [5, 5.41) is 16.5. The van der Waals surface area contributed by atoms with Gasteiger partial charge in [0.1, 0.15) is 0 Å². The number of aromatic amines is 1. The molecule has 1 amide bonds. The smallest absolute Gasteiger partial charge is 0.236 e. The molecule has 1 aliphatic rings. The van der Waals surface area contributed by atoms with Crippen molar-refractivity contribution in [3.63, 3.8) is 0 Å². The average Bonchev–Trinajstić information content (AvgIpc) is 2.88. The molecule has 0 bridgehead atoms. The zero-order valence-electron chi connectivity index (χ0n) is 9.36. The Morgan fingerprint density at radius 1 is 1.69 bits per heavy atom. The summed E-state index contributed by atoms with van der Waals surface area (Å²) < 4.78 is -0.294. The molecule has 0 aromatic carbocycles. The largest absolute Gasteiger partial charge is 0.345 e. The van der Waals surface area contributed by atoms with Crippen molar-refractivity contribution in [1.29, 1.82) is 0 Å². The highest BCUT2D eigenvalue weighted by Crippen LogP contribution is 2.38. The molecule has 2 atom stereocenters. The first-order valence-electron chi connectivity index (χ1n) is 5.30. The summed E-state index contributed by atoms with van der Waals surface area (Å²) in [6.45, 7) is 3.84. The van der Waals surface area contributed by atoms with Gasteiger partial charge in [0.05, 0.1) is 10.8 Å². The number of hydrogen-bond acceptors (Lipinski definition) is 5. The molecule has 1 saturated heterocycles. The van der Waals surface area contributed by atoms with Gasteiger partial charge in [-0.05, 0) is 32.4 Å². The van der Waals surface area contributed by atoms with E-state index in [4.69, 9.17) is 0 Å². The third kappa shape index (κ3) is 2.18. The van der Waals surface area contributed by atoms with Crippen LogP contribution in [0.25, 0.3) is 0 Å². The highest BCUT2D eigenvalue weighted by molar-refractivity contribution is 8.01. The lowest BCUT2D eigenvalue weighted by molar-refractivity contribution is -0.123. The van der Waals surface area contributed by atoms with Crippen molar-refractivity contribution in [2.75, 3.05) is 5.75 Å². The number of rotatable bonds is 3. The maximum atomic E-state index is 12.1. The molecule has 0 radical (unpaired) electrons. The van der Waals surface area contributed by atoms with Crippen molar-refractivity contribution >= 4 is 17.7 Å². The SMILES string of the molecule is CC(NC(=O)C1(C)CCCS1)c1nn[nH]n1. The van der Waals surface area contributed by atoms with E-state index in [-0.39, 0.29) is 16.7 Å². The molecule has 7 heteroatoms. The van der Waals surface area contributed by atoms with Crippen LogP contribution in [-0.2, 0) is 4.79 Å². The van der Waals surface area contributed by atoms with Crippen LogP contribution >= 0.6 is 11.8 Å². The molecule has 1 aromatic rings. The van der Waals surface area contributed by atoms with Gasteiger partial charge in [-0.25, -0.2) is 0 Å². The van der Waals surface area contributed by atoms with E-state index >= 15 is 0 Å². The van der Waals surface area contributed by atoms with Crippen LogP contribution in [0.5, 0.6) is 0 Å². The number of aromatic nitrogens is 4. The van der Waals surface area contributed by atoms with Crippen molar-refractivity contribution in [1.82, 2.24) is 25.9 Å². The maximum Gasteiger partial charge on any atom is 0.236 e. The molecule has 2 rings (SSSR count). The molecule has 2 unspecified atom stereocenters. The van der Waals surface area contributed by atoms with Crippen molar-refractivity contribution < 1.29 is 4.79 Å². The summed E-state index contributed by atoms with van der Waals surface area (Å²) in [5.41, 5.74) is 0. The van der Waals surface area contributed by atoms with E-state index in [0.29, 0.717) is 5.82 Å². The summed E-state index contributed by atoms with van der Waals surface area (Å²) in [6.07, 6.45) is 2.04. The van der Waals surface area contributed by atoms with Crippen LogP contribution in [0, 0.1) is 0 Å². The first-order chi connectivity index (χ1) is 7.62. The second-order valence-electron chi connectivity index (χ2n) is 4.15. The fraction of sp³-hybridized carbons (Fsp3) is 0.778. The number of H-pyrrole nitrogens is 1. The number of carbonyl (C=O) groups is 1. The number of nitrogens with one attached hydrogen (secondary N) is 2. The lowest BCUT2D eigenvalue weighted by atomic mass is 10.0. The molecule has 2 heterocycles. The topological polar surface area (TPSA) is 83.6 Å². The molecule has 1 fully saturated rings. The number of thioether (sulfide) groups is 1. The molecule has 0 aliphatic carbocycles. The number of nitrogens with zero attached hydrogens (tertiary/aromatic N) is 3. The van der Waals surface area contributed by atoms with Gasteiger partial charge in [0.25, 0.3) is 0 Å². The van der Waals surface area contributed by atoms with Crippen LogP contribution in [0.2, 0.25) is 0 Å². The van der Waals surface area contributed by atoms with Crippen LogP contribution in [0.3, 0.4) is 0 Å². The monoisotopic (exact) mass is 241 g/mol. The second-order valence-corrected chi connectivity index (χ2v) is 5.75. The summed E-state index contributed by atoms with van der Waals surface area (Å²) in [5.74, 6) is 1.63. The number of carbonyl (C=O) groups excluding carboxylic acids is 1. The molecule has 1 aliphatic heterocycles. The van der Waals surface area contributed by atoms with E-state index < -0.39 is 0 Å². The first-order valence-corrected chi connectivity index (χ1v) is 6.29. The number of amides is 1. The van der Waals surface area contributed by atoms with Crippen LogP contribution in [0.1, 0.15) is 38.6 Å². The Hall–Kier alpha value is -1.11. The van der Waals surface area contributed by atoms with E-state index in [2.05, 4.69) is 25.9 Å². The minimum atomic E-state index is -0.294. The molecular formula is C9H15N5OS. The second kappa shape index (κ2) is 4.40. The third-order valence-corrected chi connectivity index (χ3v) is 4.32. The summed E-state index contributed by atoms with van der Waals surface area (Å²) >= 11 is 1.72. The van der Waals surface area contributed by atoms with Crippen molar-refractivity contribution in [2.24, 2.45) is 0 Å². The van der Waals surface area contributed by atoms with E-state index in [0.717, 1.165) is 18.6 Å². The molecule has 1 aromatic heterocycles. The fourth-order valence-electron chi connectivity index (χ4n) is 1.72. The van der Waals surface area contributed by atoms with Gasteiger partial charge >= 0.3 is 0 Å². The summed E-state index contributed by atoms with van der Waals surface area (Å²) in [6, 6.07) is -0.204. The lowest BCUT2D eigenvalue weighted by Gasteiger charge is -2.23. The molecule has 6 nitrogen and oxygen atoms in total. The summed E-state index contributed by atoms with van der Waals surface area (Å²) in [4.78, 5) is 12.1. The van der Waals surface area contributed by atoms with Gasteiger partial charge in [0.15, 0.2) is 5.82 Å². The van der Waals surface area contributed by atoms with Crippen molar-refractivity contribution in [2.45, 2.75) is 37.5 Å². The highest BCUT2D eigenvalue weighted by Gasteiger charge is 2.37. The zero-order chi connectivity index (χ0) is 11.6. The average molecular weight is 241 g/mol. The first kappa shape index (κ1) is 11.4. The molecule has 0 saturated carbocycles. The predicted octanol–water partition coefficient (Wildman–Crippen LogP) is 0.663. The predicted molar refractivity (Wildman–Crippen MR) is 60.8 cm³/mol. The highest BCUT2D eigenvalue weighted by atomic mass is 32.2. The van der Waals surface area contributed by atoms with Gasteiger partial charge in [0, 0.05) is 0 Å². The number of hydrogen-bond donors (Lipinski definition) is 2. The molecule has 16 heavy (non-hydrogen) atoms. The van der Waals surface area contributed by atoms with E-state index in [1.807, 2.05) is 13.8 Å². The molecular weight excluding hydrogens is 226 g/mol. The standard InChI is InChI=1S/C9H15N5OS/c1-6(7-11-13-14-12-7)10-8(15)9(2)4-3-5-16-9/h6H,3-5H2,1-2H3,(H,10,15)(H,11,12,13,14). The van der Waals surface area contributed by atoms with Gasteiger partial charge in [0.2, 0.25) is 5.91 Å². The van der Waals surface area contributed by atoms with Crippen molar-refractivity contribution in [3.05, 3.63) is 5.82 Å².